The van der Waals surface area contributed by atoms with E-state index in [1.54, 1.807) is 6.07 Å². The molecule has 136 valence electrons. The summed E-state index contributed by atoms with van der Waals surface area (Å²) in [5.41, 5.74) is 2.60. The predicted octanol–water partition coefficient (Wildman–Crippen LogP) is 4.37. The van der Waals surface area contributed by atoms with Gasteiger partial charge in [-0.1, -0.05) is 11.6 Å². The number of aryl methyl sites for hydroxylation is 3. The molecule has 1 heterocycles. The number of nitrogens with zero attached hydrogens (tertiary/aromatic N) is 1. The van der Waals surface area contributed by atoms with Crippen molar-refractivity contribution in [2.75, 3.05) is 6.61 Å². The summed E-state index contributed by atoms with van der Waals surface area (Å²) in [5.74, 6) is -0.0341. The van der Waals surface area contributed by atoms with Crippen LogP contribution in [0.25, 0.3) is 10.9 Å². The zero-order valence-electron chi connectivity index (χ0n) is 14.6. The summed E-state index contributed by atoms with van der Waals surface area (Å²) >= 11 is 9.60. The molecular formula is C19H17BrClNO4. The van der Waals surface area contributed by atoms with Gasteiger partial charge in [-0.2, -0.15) is 0 Å². The van der Waals surface area contributed by atoms with Gasteiger partial charge in [0.25, 0.3) is 0 Å². The largest absolute Gasteiger partial charge is 0.492 e. The third kappa shape index (κ3) is 3.57. The number of aromatic nitrogens is 1. The average molecular weight is 439 g/mol. The fourth-order valence-electron chi connectivity index (χ4n) is 2.89. The first-order valence-corrected chi connectivity index (χ1v) is 9.18. The Labute approximate surface area is 163 Å². The maximum Gasteiger partial charge on any atom is 0.422 e. The number of halogens is 2. The van der Waals surface area contributed by atoms with Crippen molar-refractivity contribution in [1.29, 1.82) is 0 Å². The van der Waals surface area contributed by atoms with Crippen molar-refractivity contribution < 1.29 is 9.15 Å². The van der Waals surface area contributed by atoms with Crippen molar-refractivity contribution in [3.63, 3.8) is 0 Å². The molecule has 0 aliphatic heterocycles. The van der Waals surface area contributed by atoms with Crippen molar-refractivity contribution >= 4 is 38.4 Å². The summed E-state index contributed by atoms with van der Waals surface area (Å²) in [4.78, 5) is 24.2. The minimum Gasteiger partial charge on any atom is -0.492 e. The van der Waals surface area contributed by atoms with E-state index in [0.29, 0.717) is 26.1 Å². The summed E-state index contributed by atoms with van der Waals surface area (Å²) in [5, 5.41) is 1.07. The smallest absolute Gasteiger partial charge is 0.422 e. The highest BCUT2D eigenvalue weighted by Gasteiger charge is 2.13. The number of ether oxygens (including phenoxy) is 1. The van der Waals surface area contributed by atoms with Crippen LogP contribution in [0.1, 0.15) is 16.7 Å². The number of rotatable bonds is 4. The summed E-state index contributed by atoms with van der Waals surface area (Å²) in [7, 11) is 0. The van der Waals surface area contributed by atoms with Crippen LogP contribution < -0.4 is 16.1 Å². The number of hydrogen-bond donors (Lipinski definition) is 0. The Morgan fingerprint density at radius 1 is 1.12 bits per heavy atom. The highest BCUT2D eigenvalue weighted by Crippen LogP contribution is 2.26. The number of fused-ring (bicyclic) bond motifs is 1. The van der Waals surface area contributed by atoms with Crippen LogP contribution in [0.2, 0.25) is 5.02 Å². The van der Waals surface area contributed by atoms with E-state index in [4.69, 9.17) is 20.8 Å². The molecule has 0 atom stereocenters. The lowest BCUT2D eigenvalue weighted by Gasteiger charge is -2.13. The van der Waals surface area contributed by atoms with Crippen LogP contribution in [0, 0.1) is 20.8 Å². The van der Waals surface area contributed by atoms with Crippen molar-refractivity contribution in [1.82, 2.24) is 4.57 Å². The third-order valence-corrected chi connectivity index (χ3v) is 5.29. The third-order valence-electron chi connectivity index (χ3n) is 4.09. The Morgan fingerprint density at radius 3 is 2.42 bits per heavy atom. The molecule has 0 aliphatic rings. The van der Waals surface area contributed by atoms with Crippen LogP contribution >= 0.6 is 27.5 Å². The van der Waals surface area contributed by atoms with Gasteiger partial charge in [0.05, 0.1) is 17.4 Å². The molecule has 26 heavy (non-hydrogen) atoms. The second-order valence-corrected chi connectivity index (χ2v) is 7.40. The van der Waals surface area contributed by atoms with Gasteiger partial charge in [-0.05, 0) is 77.7 Å². The standard InChI is InChI=1S/C19H17BrClNO4/c1-10-6-14-17(15(20)7-10)22(19(24)26-18(14)23)4-5-25-13-8-11(2)16(21)12(3)9-13/h6-9H,4-5H2,1-3H3. The van der Waals surface area contributed by atoms with Crippen molar-refractivity contribution in [3.8, 4) is 5.75 Å². The van der Waals surface area contributed by atoms with E-state index in [-0.39, 0.29) is 13.2 Å². The van der Waals surface area contributed by atoms with E-state index in [1.807, 2.05) is 39.0 Å². The van der Waals surface area contributed by atoms with E-state index >= 15 is 0 Å². The van der Waals surface area contributed by atoms with Crippen molar-refractivity contribution in [2.45, 2.75) is 27.3 Å². The summed E-state index contributed by atoms with van der Waals surface area (Å²) in [6.07, 6.45) is 0. The van der Waals surface area contributed by atoms with Crippen LogP contribution in [0.4, 0.5) is 0 Å². The van der Waals surface area contributed by atoms with Gasteiger partial charge in [0.15, 0.2) is 0 Å². The van der Waals surface area contributed by atoms with Crippen LogP contribution in [-0.4, -0.2) is 11.2 Å². The summed E-state index contributed by atoms with van der Waals surface area (Å²) < 4.78 is 12.7. The van der Waals surface area contributed by atoms with E-state index < -0.39 is 11.4 Å². The first-order chi connectivity index (χ1) is 12.3. The normalized spacial score (nSPS) is 11.1. The fourth-order valence-corrected chi connectivity index (χ4v) is 3.79. The van der Waals surface area contributed by atoms with E-state index in [1.165, 1.54) is 4.57 Å². The second kappa shape index (κ2) is 7.29. The Kier molecular flexibility index (Phi) is 5.25. The molecule has 1 aromatic heterocycles. The van der Waals surface area contributed by atoms with E-state index in [0.717, 1.165) is 16.7 Å². The van der Waals surface area contributed by atoms with Gasteiger partial charge < -0.3 is 9.15 Å². The summed E-state index contributed by atoms with van der Waals surface area (Å²) in [6.45, 7) is 6.16. The lowest BCUT2D eigenvalue weighted by atomic mass is 10.1. The van der Waals surface area contributed by atoms with E-state index in [2.05, 4.69) is 15.9 Å². The molecule has 0 fully saturated rings. The van der Waals surface area contributed by atoms with Gasteiger partial charge in [-0.25, -0.2) is 9.59 Å². The average Bonchev–Trinajstić information content (AvgIpc) is 2.55. The molecule has 0 aliphatic carbocycles. The molecule has 2 aromatic carbocycles. The molecule has 0 saturated heterocycles. The van der Waals surface area contributed by atoms with Gasteiger partial charge in [-0.3, -0.25) is 4.57 Å². The lowest BCUT2D eigenvalue weighted by molar-refractivity contribution is 0.287. The Bertz CT molecular complexity index is 1090. The first-order valence-electron chi connectivity index (χ1n) is 8.01. The Morgan fingerprint density at radius 2 is 1.77 bits per heavy atom. The van der Waals surface area contributed by atoms with Gasteiger partial charge in [0.1, 0.15) is 12.4 Å². The molecule has 3 aromatic rings. The topological polar surface area (TPSA) is 61.4 Å². The maximum absolute atomic E-state index is 12.2. The minimum absolute atomic E-state index is 0.238. The van der Waals surface area contributed by atoms with Gasteiger partial charge in [0, 0.05) is 9.50 Å². The molecule has 0 amide bonds. The molecule has 0 saturated carbocycles. The first kappa shape index (κ1) is 18.7. The molecule has 0 N–H and O–H groups in total. The highest BCUT2D eigenvalue weighted by atomic mass is 79.9. The zero-order chi connectivity index (χ0) is 19.0. The highest BCUT2D eigenvalue weighted by molar-refractivity contribution is 9.10. The molecule has 0 spiro atoms. The van der Waals surface area contributed by atoms with Crippen LogP contribution in [0.15, 0.2) is 42.7 Å². The van der Waals surface area contributed by atoms with Gasteiger partial charge in [-0.15, -0.1) is 0 Å². The number of hydrogen-bond acceptors (Lipinski definition) is 4. The van der Waals surface area contributed by atoms with Crippen molar-refractivity contribution in [3.05, 3.63) is 71.4 Å². The fraction of sp³-hybridized carbons (Fsp3) is 0.263. The van der Waals surface area contributed by atoms with Gasteiger partial charge in [0.2, 0.25) is 0 Å². The lowest BCUT2D eigenvalue weighted by Crippen LogP contribution is -2.27. The summed E-state index contributed by atoms with van der Waals surface area (Å²) in [6, 6.07) is 7.25. The van der Waals surface area contributed by atoms with E-state index in [9.17, 15) is 9.59 Å². The quantitative estimate of drug-likeness (QED) is 0.607. The van der Waals surface area contributed by atoms with Crippen LogP contribution in [0.5, 0.6) is 5.75 Å². The molecule has 3 rings (SSSR count). The molecule has 0 bridgehead atoms. The van der Waals surface area contributed by atoms with Crippen molar-refractivity contribution in [2.24, 2.45) is 0 Å². The zero-order valence-corrected chi connectivity index (χ0v) is 16.9. The molecule has 7 heteroatoms. The monoisotopic (exact) mass is 437 g/mol. The SMILES string of the molecule is Cc1cc(Br)c2c(c1)c(=O)oc(=O)n2CCOc1cc(C)c(Cl)c(C)c1. The number of benzene rings is 2. The molecular weight excluding hydrogens is 422 g/mol. The Hall–Kier alpha value is -2.05. The Balaban J connectivity index is 1.92. The second-order valence-electron chi connectivity index (χ2n) is 6.17. The molecule has 0 radical (unpaired) electrons. The van der Waals surface area contributed by atoms with Crippen LogP contribution in [0.3, 0.4) is 0 Å². The predicted molar refractivity (Wildman–Crippen MR) is 106 cm³/mol. The van der Waals surface area contributed by atoms with Gasteiger partial charge >= 0.3 is 11.4 Å². The minimum atomic E-state index is -0.709. The maximum atomic E-state index is 12.2. The molecule has 0 unspecified atom stereocenters. The van der Waals surface area contributed by atoms with Crippen LogP contribution in [-0.2, 0) is 6.54 Å². The molecule has 5 nitrogen and oxygen atoms in total.